The maximum Gasteiger partial charge on any atom is 0.219 e. The van der Waals surface area contributed by atoms with E-state index >= 15 is 0 Å². The van der Waals surface area contributed by atoms with Gasteiger partial charge in [-0.1, -0.05) is 6.92 Å². The molecule has 0 spiro atoms. The maximum absolute atomic E-state index is 10.9. The smallest absolute Gasteiger partial charge is 0.219 e. The van der Waals surface area contributed by atoms with Crippen molar-refractivity contribution >= 4 is 5.91 Å². The summed E-state index contributed by atoms with van der Waals surface area (Å²) in [6, 6.07) is 0. The van der Waals surface area contributed by atoms with Crippen molar-refractivity contribution < 1.29 is 4.79 Å². The fraction of sp³-hybridized carbons (Fsp3) is 0.909. The molecule has 14 heavy (non-hydrogen) atoms. The van der Waals surface area contributed by atoms with Gasteiger partial charge in [-0.3, -0.25) is 4.79 Å². The quantitative estimate of drug-likeness (QED) is 0.605. The summed E-state index contributed by atoms with van der Waals surface area (Å²) >= 11 is 0. The van der Waals surface area contributed by atoms with Gasteiger partial charge in [-0.05, 0) is 37.6 Å². The van der Waals surface area contributed by atoms with E-state index < -0.39 is 0 Å². The van der Waals surface area contributed by atoms with Crippen molar-refractivity contribution in [2.45, 2.75) is 39.0 Å². The standard InChI is InChI=1S/C11H22N2O/c1-3-11(6-7-11)9-13-8-4-5-10(14)12-2/h13H,3-9H2,1-2H3,(H,12,14). The van der Waals surface area contributed by atoms with Crippen molar-refractivity contribution in [3.8, 4) is 0 Å². The first-order valence-corrected chi connectivity index (χ1v) is 5.64. The highest BCUT2D eigenvalue weighted by molar-refractivity contribution is 5.75. The summed E-state index contributed by atoms with van der Waals surface area (Å²) in [5.74, 6) is 0.142. The van der Waals surface area contributed by atoms with Gasteiger partial charge in [0.1, 0.15) is 0 Å². The van der Waals surface area contributed by atoms with Crippen LogP contribution in [-0.4, -0.2) is 26.0 Å². The van der Waals surface area contributed by atoms with Crippen molar-refractivity contribution in [1.29, 1.82) is 0 Å². The van der Waals surface area contributed by atoms with E-state index in [4.69, 9.17) is 0 Å². The van der Waals surface area contributed by atoms with Crippen LogP contribution in [0.3, 0.4) is 0 Å². The average Bonchev–Trinajstić information content (AvgIpc) is 2.98. The molecule has 0 bridgehead atoms. The van der Waals surface area contributed by atoms with Crippen LogP contribution < -0.4 is 10.6 Å². The summed E-state index contributed by atoms with van der Waals surface area (Å²) < 4.78 is 0. The van der Waals surface area contributed by atoms with Crippen molar-refractivity contribution in [3.63, 3.8) is 0 Å². The lowest BCUT2D eigenvalue weighted by Gasteiger charge is -2.12. The third-order valence-corrected chi connectivity index (χ3v) is 3.24. The first kappa shape index (κ1) is 11.5. The van der Waals surface area contributed by atoms with Gasteiger partial charge >= 0.3 is 0 Å². The number of carbonyl (C=O) groups is 1. The molecule has 0 aromatic rings. The van der Waals surface area contributed by atoms with E-state index in [-0.39, 0.29) is 5.91 Å². The normalized spacial score (nSPS) is 17.9. The summed E-state index contributed by atoms with van der Waals surface area (Å²) in [5.41, 5.74) is 0.618. The predicted octanol–water partition coefficient (Wildman–Crippen LogP) is 1.29. The lowest BCUT2D eigenvalue weighted by molar-refractivity contribution is -0.120. The Balaban J connectivity index is 1.92. The van der Waals surface area contributed by atoms with Crippen LogP contribution in [0.15, 0.2) is 0 Å². The lowest BCUT2D eigenvalue weighted by atomic mass is 10.0. The Morgan fingerprint density at radius 3 is 2.64 bits per heavy atom. The van der Waals surface area contributed by atoms with E-state index in [0.717, 1.165) is 19.5 Å². The molecule has 0 aromatic carbocycles. The van der Waals surface area contributed by atoms with Gasteiger partial charge in [0.05, 0.1) is 0 Å². The molecule has 3 nitrogen and oxygen atoms in total. The van der Waals surface area contributed by atoms with E-state index in [1.165, 1.54) is 19.3 Å². The second-order valence-corrected chi connectivity index (χ2v) is 4.31. The summed E-state index contributed by atoms with van der Waals surface area (Å²) in [4.78, 5) is 10.9. The van der Waals surface area contributed by atoms with Crippen molar-refractivity contribution in [3.05, 3.63) is 0 Å². The molecule has 0 heterocycles. The zero-order valence-electron chi connectivity index (χ0n) is 9.36. The van der Waals surface area contributed by atoms with Gasteiger partial charge < -0.3 is 10.6 Å². The number of amides is 1. The van der Waals surface area contributed by atoms with Gasteiger partial charge in [-0.15, -0.1) is 0 Å². The van der Waals surface area contributed by atoms with Crippen LogP contribution in [-0.2, 0) is 4.79 Å². The van der Waals surface area contributed by atoms with E-state index in [0.29, 0.717) is 11.8 Å². The zero-order valence-corrected chi connectivity index (χ0v) is 9.36. The molecular weight excluding hydrogens is 176 g/mol. The minimum atomic E-state index is 0.142. The molecule has 1 fully saturated rings. The maximum atomic E-state index is 10.9. The molecule has 1 amide bonds. The van der Waals surface area contributed by atoms with E-state index in [1.54, 1.807) is 7.05 Å². The first-order valence-electron chi connectivity index (χ1n) is 5.64. The van der Waals surface area contributed by atoms with E-state index in [9.17, 15) is 4.79 Å². The molecule has 0 unspecified atom stereocenters. The van der Waals surface area contributed by atoms with Gasteiger partial charge in [-0.25, -0.2) is 0 Å². The van der Waals surface area contributed by atoms with Crippen LogP contribution in [0.1, 0.15) is 39.0 Å². The van der Waals surface area contributed by atoms with Crippen LogP contribution in [0.5, 0.6) is 0 Å². The topological polar surface area (TPSA) is 41.1 Å². The number of carbonyl (C=O) groups excluding carboxylic acids is 1. The van der Waals surface area contributed by atoms with Crippen molar-refractivity contribution in [2.75, 3.05) is 20.1 Å². The fourth-order valence-electron chi connectivity index (χ4n) is 1.68. The van der Waals surface area contributed by atoms with Gasteiger partial charge in [-0.2, -0.15) is 0 Å². The fourth-order valence-corrected chi connectivity index (χ4v) is 1.68. The molecule has 0 aliphatic heterocycles. The highest BCUT2D eigenvalue weighted by Gasteiger charge is 2.39. The molecule has 0 aromatic heterocycles. The second kappa shape index (κ2) is 5.35. The van der Waals surface area contributed by atoms with Gasteiger partial charge in [0.25, 0.3) is 0 Å². The molecule has 0 saturated heterocycles. The Labute approximate surface area is 86.6 Å². The Morgan fingerprint density at radius 1 is 1.43 bits per heavy atom. The van der Waals surface area contributed by atoms with Gasteiger partial charge in [0.15, 0.2) is 0 Å². The summed E-state index contributed by atoms with van der Waals surface area (Å²) in [7, 11) is 1.69. The first-order chi connectivity index (χ1) is 6.72. The van der Waals surface area contributed by atoms with E-state index in [2.05, 4.69) is 17.6 Å². The monoisotopic (exact) mass is 198 g/mol. The molecular formula is C11H22N2O. The zero-order chi connectivity index (χ0) is 10.4. The summed E-state index contributed by atoms with van der Waals surface area (Å²) in [6.45, 7) is 4.37. The number of hydrogen-bond donors (Lipinski definition) is 2. The molecule has 82 valence electrons. The highest BCUT2D eigenvalue weighted by Crippen LogP contribution is 2.47. The summed E-state index contributed by atoms with van der Waals surface area (Å²) in [6.07, 6.45) is 5.63. The molecule has 2 N–H and O–H groups in total. The number of hydrogen-bond acceptors (Lipinski definition) is 2. The highest BCUT2D eigenvalue weighted by atomic mass is 16.1. The lowest BCUT2D eigenvalue weighted by Crippen LogP contribution is -2.26. The van der Waals surface area contributed by atoms with Crippen molar-refractivity contribution in [1.82, 2.24) is 10.6 Å². The Morgan fingerprint density at radius 2 is 2.14 bits per heavy atom. The molecule has 1 rings (SSSR count). The van der Waals surface area contributed by atoms with Crippen LogP contribution in [0, 0.1) is 5.41 Å². The molecule has 1 saturated carbocycles. The molecule has 0 atom stereocenters. The number of rotatable bonds is 7. The van der Waals surface area contributed by atoms with Crippen LogP contribution in [0.4, 0.5) is 0 Å². The van der Waals surface area contributed by atoms with Gasteiger partial charge in [0, 0.05) is 20.0 Å². The Hall–Kier alpha value is -0.570. The average molecular weight is 198 g/mol. The third kappa shape index (κ3) is 3.66. The number of nitrogens with one attached hydrogen (secondary N) is 2. The molecule has 1 aliphatic rings. The van der Waals surface area contributed by atoms with Crippen LogP contribution in [0.25, 0.3) is 0 Å². The molecule has 1 aliphatic carbocycles. The van der Waals surface area contributed by atoms with Crippen LogP contribution >= 0.6 is 0 Å². The van der Waals surface area contributed by atoms with Crippen LogP contribution in [0.2, 0.25) is 0 Å². The molecule has 0 radical (unpaired) electrons. The second-order valence-electron chi connectivity index (χ2n) is 4.31. The third-order valence-electron chi connectivity index (χ3n) is 3.24. The summed E-state index contributed by atoms with van der Waals surface area (Å²) in [5, 5.41) is 6.07. The SMILES string of the molecule is CCC1(CNCCCC(=O)NC)CC1. The predicted molar refractivity (Wildman–Crippen MR) is 58.1 cm³/mol. The minimum Gasteiger partial charge on any atom is -0.359 e. The Kier molecular flexibility index (Phi) is 4.39. The van der Waals surface area contributed by atoms with Crippen molar-refractivity contribution in [2.24, 2.45) is 5.41 Å². The van der Waals surface area contributed by atoms with E-state index in [1.807, 2.05) is 0 Å². The largest absolute Gasteiger partial charge is 0.359 e. The molecule has 3 heteroatoms. The van der Waals surface area contributed by atoms with Gasteiger partial charge in [0.2, 0.25) is 5.91 Å². The Bertz CT molecular complexity index is 188. The minimum absolute atomic E-state index is 0.142.